The second-order valence-corrected chi connectivity index (χ2v) is 9.48. The Kier molecular flexibility index (Phi) is 8.35. The van der Waals surface area contributed by atoms with Gasteiger partial charge >= 0.3 is 0 Å². The summed E-state index contributed by atoms with van der Waals surface area (Å²) in [4.78, 5) is 12.5. The number of benzene rings is 2. The molecule has 0 aliphatic heterocycles. The lowest BCUT2D eigenvalue weighted by atomic mass is 9.96. The van der Waals surface area contributed by atoms with Crippen LogP contribution in [-0.4, -0.2) is 41.7 Å². The summed E-state index contributed by atoms with van der Waals surface area (Å²) in [5, 5.41) is 2.72. The van der Waals surface area contributed by atoms with Crippen molar-refractivity contribution in [3.63, 3.8) is 0 Å². The molecular weight excluding hydrogens is 444 g/mol. The lowest BCUT2D eigenvalue weighted by molar-refractivity contribution is -0.111. The molecule has 178 valence electrons. The van der Waals surface area contributed by atoms with Crippen LogP contribution in [0.25, 0.3) is 6.08 Å². The molecule has 0 unspecified atom stereocenters. The van der Waals surface area contributed by atoms with E-state index in [9.17, 15) is 13.2 Å². The van der Waals surface area contributed by atoms with Gasteiger partial charge in [0.25, 0.3) is 0 Å². The van der Waals surface area contributed by atoms with Crippen LogP contribution in [0.1, 0.15) is 37.7 Å². The van der Waals surface area contributed by atoms with Gasteiger partial charge in [-0.05, 0) is 60.9 Å². The monoisotopic (exact) mass is 474 g/mol. The molecule has 2 aromatic carbocycles. The van der Waals surface area contributed by atoms with E-state index in [2.05, 4.69) is 10.0 Å². The molecule has 1 amide bonds. The number of carbonyl (C=O) groups is 1. The molecule has 1 saturated carbocycles. The molecule has 2 aromatic rings. The van der Waals surface area contributed by atoms with E-state index >= 15 is 0 Å². The number of methoxy groups -OCH3 is 3. The Balaban J connectivity index is 1.64. The number of ether oxygens (including phenoxy) is 3. The van der Waals surface area contributed by atoms with Crippen LogP contribution in [0.4, 0.5) is 5.69 Å². The number of carbonyl (C=O) groups excluding carboxylic acids is 1. The minimum atomic E-state index is -3.58. The van der Waals surface area contributed by atoms with E-state index < -0.39 is 10.0 Å². The van der Waals surface area contributed by atoms with Crippen LogP contribution in [0.15, 0.2) is 47.4 Å². The van der Waals surface area contributed by atoms with E-state index in [4.69, 9.17) is 14.2 Å². The molecule has 1 aliphatic carbocycles. The summed E-state index contributed by atoms with van der Waals surface area (Å²) in [7, 11) is 0.978. The summed E-state index contributed by atoms with van der Waals surface area (Å²) in [6, 6.07) is 9.56. The topological polar surface area (TPSA) is 103 Å². The number of hydrogen-bond donors (Lipinski definition) is 2. The highest BCUT2D eigenvalue weighted by atomic mass is 32.2. The minimum absolute atomic E-state index is 0.0107. The minimum Gasteiger partial charge on any atom is -0.493 e. The molecule has 9 heteroatoms. The first kappa shape index (κ1) is 24.6. The van der Waals surface area contributed by atoms with Crippen LogP contribution in [0.5, 0.6) is 17.2 Å². The zero-order valence-corrected chi connectivity index (χ0v) is 19.9. The third-order valence-corrected chi connectivity index (χ3v) is 7.01. The maximum atomic E-state index is 12.6. The predicted octanol–water partition coefficient (Wildman–Crippen LogP) is 3.98. The highest BCUT2D eigenvalue weighted by Crippen LogP contribution is 2.38. The standard InChI is InChI=1S/C24H30N2O6S/c1-30-21-15-17(16-22(31-2)24(21)32-3)9-14-23(27)25-18-10-12-20(13-11-18)33(28,29)26-19-7-5-4-6-8-19/h9-16,19,26H,4-8H2,1-3H3,(H,25,27)/b14-9+. The van der Waals surface area contributed by atoms with Crippen molar-refractivity contribution in [3.8, 4) is 17.2 Å². The summed E-state index contributed by atoms with van der Waals surface area (Å²) < 4.78 is 43.9. The van der Waals surface area contributed by atoms with Gasteiger partial charge in [0.05, 0.1) is 26.2 Å². The number of anilines is 1. The van der Waals surface area contributed by atoms with Crippen molar-refractivity contribution < 1.29 is 27.4 Å². The normalized spacial score (nSPS) is 14.8. The van der Waals surface area contributed by atoms with Crippen molar-refractivity contribution in [1.29, 1.82) is 0 Å². The van der Waals surface area contributed by atoms with Crippen molar-refractivity contribution in [3.05, 3.63) is 48.0 Å². The van der Waals surface area contributed by atoms with Gasteiger partial charge in [-0.25, -0.2) is 13.1 Å². The van der Waals surface area contributed by atoms with Crippen LogP contribution < -0.4 is 24.2 Å². The van der Waals surface area contributed by atoms with Crippen LogP contribution in [-0.2, 0) is 14.8 Å². The first-order valence-electron chi connectivity index (χ1n) is 10.8. The van der Waals surface area contributed by atoms with Crippen molar-refractivity contribution >= 4 is 27.7 Å². The Morgan fingerprint density at radius 3 is 2.09 bits per heavy atom. The van der Waals surface area contributed by atoms with Crippen molar-refractivity contribution in [2.75, 3.05) is 26.6 Å². The van der Waals surface area contributed by atoms with Gasteiger partial charge in [-0.3, -0.25) is 4.79 Å². The molecule has 0 aromatic heterocycles. The van der Waals surface area contributed by atoms with Crippen LogP contribution in [0.3, 0.4) is 0 Å². The van der Waals surface area contributed by atoms with Crippen molar-refractivity contribution in [2.45, 2.75) is 43.0 Å². The highest BCUT2D eigenvalue weighted by Gasteiger charge is 2.21. The second kappa shape index (κ2) is 11.2. The molecule has 0 atom stereocenters. The molecule has 2 N–H and O–H groups in total. The van der Waals surface area contributed by atoms with E-state index in [1.807, 2.05) is 0 Å². The average Bonchev–Trinajstić information content (AvgIpc) is 2.82. The van der Waals surface area contributed by atoms with E-state index in [1.54, 1.807) is 30.3 Å². The highest BCUT2D eigenvalue weighted by molar-refractivity contribution is 7.89. The molecule has 33 heavy (non-hydrogen) atoms. The van der Waals surface area contributed by atoms with Gasteiger partial charge in [0.1, 0.15) is 0 Å². The van der Waals surface area contributed by atoms with Crippen LogP contribution in [0.2, 0.25) is 0 Å². The third-order valence-electron chi connectivity index (χ3n) is 5.47. The molecule has 0 heterocycles. The fourth-order valence-electron chi connectivity index (χ4n) is 3.78. The summed E-state index contributed by atoms with van der Waals surface area (Å²) in [6.45, 7) is 0. The fourth-order valence-corrected chi connectivity index (χ4v) is 5.08. The van der Waals surface area contributed by atoms with Gasteiger partial charge < -0.3 is 19.5 Å². The molecule has 1 aliphatic rings. The Hall–Kier alpha value is -3.04. The number of nitrogens with one attached hydrogen (secondary N) is 2. The zero-order valence-electron chi connectivity index (χ0n) is 19.1. The van der Waals surface area contributed by atoms with E-state index in [0.29, 0.717) is 28.5 Å². The Labute approximate surface area is 195 Å². The number of rotatable bonds is 9. The van der Waals surface area contributed by atoms with Gasteiger partial charge in [0, 0.05) is 17.8 Å². The first-order chi connectivity index (χ1) is 15.9. The van der Waals surface area contributed by atoms with Gasteiger partial charge in [-0.15, -0.1) is 0 Å². The molecule has 1 fully saturated rings. The molecule has 0 spiro atoms. The van der Waals surface area contributed by atoms with E-state index in [-0.39, 0.29) is 16.8 Å². The summed E-state index contributed by atoms with van der Waals surface area (Å²) in [6.07, 6.45) is 7.96. The SMILES string of the molecule is COc1cc(/C=C/C(=O)Nc2ccc(S(=O)(=O)NC3CCCCC3)cc2)cc(OC)c1OC. The molecular formula is C24H30N2O6S. The van der Waals surface area contributed by atoms with Crippen LogP contribution >= 0.6 is 0 Å². The predicted molar refractivity (Wildman–Crippen MR) is 127 cm³/mol. The van der Waals surface area contributed by atoms with Gasteiger partial charge in [-0.2, -0.15) is 0 Å². The lowest BCUT2D eigenvalue weighted by Gasteiger charge is -2.22. The Bertz CT molecular complexity index is 1070. The molecule has 0 saturated heterocycles. The van der Waals surface area contributed by atoms with Gasteiger partial charge in [0.2, 0.25) is 21.7 Å². The first-order valence-corrected chi connectivity index (χ1v) is 12.3. The second-order valence-electron chi connectivity index (χ2n) is 7.76. The maximum absolute atomic E-state index is 12.6. The Morgan fingerprint density at radius 1 is 0.939 bits per heavy atom. The Morgan fingerprint density at radius 2 is 1.55 bits per heavy atom. The smallest absolute Gasteiger partial charge is 0.248 e. The summed E-state index contributed by atoms with van der Waals surface area (Å²) >= 11 is 0. The van der Waals surface area contributed by atoms with Crippen LogP contribution in [0, 0.1) is 0 Å². The fraction of sp³-hybridized carbons (Fsp3) is 0.375. The molecule has 3 rings (SSSR count). The largest absolute Gasteiger partial charge is 0.493 e. The van der Waals surface area contributed by atoms with Gasteiger partial charge in [0.15, 0.2) is 11.5 Å². The molecule has 0 radical (unpaired) electrons. The average molecular weight is 475 g/mol. The van der Waals surface area contributed by atoms with Gasteiger partial charge in [-0.1, -0.05) is 19.3 Å². The number of hydrogen-bond acceptors (Lipinski definition) is 6. The summed E-state index contributed by atoms with van der Waals surface area (Å²) in [5.41, 5.74) is 1.18. The van der Waals surface area contributed by atoms with Crippen molar-refractivity contribution in [1.82, 2.24) is 4.72 Å². The summed E-state index contributed by atoms with van der Waals surface area (Å²) in [5.74, 6) is 1.07. The maximum Gasteiger partial charge on any atom is 0.248 e. The lowest BCUT2D eigenvalue weighted by Crippen LogP contribution is -2.36. The quantitative estimate of drug-likeness (QED) is 0.533. The molecule has 0 bridgehead atoms. The third kappa shape index (κ3) is 6.49. The zero-order chi connectivity index (χ0) is 23.8. The molecule has 8 nitrogen and oxygen atoms in total. The van der Waals surface area contributed by atoms with E-state index in [1.165, 1.54) is 39.5 Å². The van der Waals surface area contributed by atoms with E-state index in [0.717, 1.165) is 32.1 Å². The number of amides is 1. The van der Waals surface area contributed by atoms with Crippen molar-refractivity contribution in [2.24, 2.45) is 0 Å². The number of sulfonamides is 1.